The Labute approximate surface area is 119 Å². The molecule has 0 aromatic heterocycles. The third kappa shape index (κ3) is 4.99. The van der Waals surface area contributed by atoms with Crippen molar-refractivity contribution in [2.24, 2.45) is 5.92 Å². The molecule has 1 unspecified atom stereocenters. The molecule has 110 valence electrons. The van der Waals surface area contributed by atoms with Crippen molar-refractivity contribution >= 4 is 13.5 Å². The van der Waals surface area contributed by atoms with E-state index in [1.807, 2.05) is 6.07 Å². The van der Waals surface area contributed by atoms with Gasteiger partial charge < -0.3 is 9.26 Å². The molecule has 0 heterocycles. The molecular formula is C14H20NO4P. The van der Waals surface area contributed by atoms with E-state index in [1.54, 1.807) is 31.2 Å². The van der Waals surface area contributed by atoms with Gasteiger partial charge in [0.1, 0.15) is 11.8 Å². The molecule has 1 aromatic carbocycles. The molecule has 1 saturated carbocycles. The summed E-state index contributed by atoms with van der Waals surface area (Å²) in [6.07, 6.45) is 2.25. The van der Waals surface area contributed by atoms with E-state index in [0.717, 1.165) is 12.8 Å². The Morgan fingerprint density at radius 1 is 1.40 bits per heavy atom. The number of hydrogen-bond acceptors (Lipinski definition) is 4. The molecule has 5 nitrogen and oxygen atoms in total. The lowest BCUT2D eigenvalue weighted by Gasteiger charge is -2.20. The molecule has 0 saturated heterocycles. The van der Waals surface area contributed by atoms with Crippen LogP contribution in [-0.4, -0.2) is 25.3 Å². The Balaban J connectivity index is 1.83. The van der Waals surface area contributed by atoms with Gasteiger partial charge in [-0.15, -0.1) is 0 Å². The van der Waals surface area contributed by atoms with Gasteiger partial charge in [-0.2, -0.15) is 0 Å². The van der Waals surface area contributed by atoms with Gasteiger partial charge in [0, 0.05) is 6.66 Å². The predicted octanol–water partition coefficient (Wildman–Crippen LogP) is 2.82. The largest absolute Gasteiger partial charge is 0.464 e. The SMILES string of the molecule is C[C@H](NP(C)(=O)Oc1ccccc1)C(=O)OCC1CC1. The van der Waals surface area contributed by atoms with Crippen LogP contribution in [0.1, 0.15) is 19.8 Å². The van der Waals surface area contributed by atoms with E-state index in [9.17, 15) is 9.36 Å². The maximum absolute atomic E-state index is 12.3. The van der Waals surface area contributed by atoms with Gasteiger partial charge >= 0.3 is 13.5 Å². The third-order valence-corrected chi connectivity index (χ3v) is 4.38. The Kier molecular flexibility index (Phi) is 4.84. The average molecular weight is 297 g/mol. The van der Waals surface area contributed by atoms with Crippen LogP contribution in [0.2, 0.25) is 0 Å². The van der Waals surface area contributed by atoms with Crippen molar-refractivity contribution in [2.75, 3.05) is 13.3 Å². The Morgan fingerprint density at radius 3 is 2.65 bits per heavy atom. The molecule has 1 aliphatic rings. The zero-order chi connectivity index (χ0) is 14.6. The van der Waals surface area contributed by atoms with Crippen LogP contribution in [0, 0.1) is 5.92 Å². The van der Waals surface area contributed by atoms with Crippen LogP contribution in [-0.2, 0) is 14.1 Å². The fraction of sp³-hybridized carbons (Fsp3) is 0.500. The molecular weight excluding hydrogens is 277 g/mol. The van der Waals surface area contributed by atoms with Gasteiger partial charge in [0.15, 0.2) is 0 Å². The number of carbonyl (C=O) groups is 1. The highest BCUT2D eigenvalue weighted by molar-refractivity contribution is 7.56. The normalized spacial score (nSPS) is 18.9. The summed E-state index contributed by atoms with van der Waals surface area (Å²) in [4.78, 5) is 11.7. The molecule has 0 spiro atoms. The van der Waals surface area contributed by atoms with Crippen molar-refractivity contribution < 1.29 is 18.6 Å². The molecule has 1 fully saturated rings. The van der Waals surface area contributed by atoms with Gasteiger partial charge in [-0.1, -0.05) is 18.2 Å². The lowest BCUT2D eigenvalue weighted by Crippen LogP contribution is -2.34. The van der Waals surface area contributed by atoms with Crippen LogP contribution in [0.5, 0.6) is 5.75 Å². The smallest absolute Gasteiger partial charge is 0.323 e. The Morgan fingerprint density at radius 2 is 2.05 bits per heavy atom. The molecule has 1 N–H and O–H groups in total. The molecule has 20 heavy (non-hydrogen) atoms. The first-order valence-electron chi connectivity index (χ1n) is 6.73. The highest BCUT2D eigenvalue weighted by Crippen LogP contribution is 2.39. The standard InChI is InChI=1S/C14H20NO4P/c1-11(14(16)18-10-12-8-9-12)15-20(2,17)19-13-6-4-3-5-7-13/h3-7,11-12H,8-10H2,1-2H3,(H,15,17)/t11-,20?/m0/s1. The zero-order valence-electron chi connectivity index (χ0n) is 11.7. The number of hydrogen-bond donors (Lipinski definition) is 1. The number of rotatable bonds is 7. The van der Waals surface area contributed by atoms with Crippen molar-refractivity contribution in [3.63, 3.8) is 0 Å². The molecule has 0 aliphatic heterocycles. The summed E-state index contributed by atoms with van der Waals surface area (Å²) in [5.74, 6) is 0.625. The summed E-state index contributed by atoms with van der Waals surface area (Å²) in [5, 5.41) is 2.71. The van der Waals surface area contributed by atoms with E-state index in [4.69, 9.17) is 9.26 Å². The minimum absolute atomic E-state index is 0.393. The fourth-order valence-electron chi connectivity index (χ4n) is 1.72. The van der Waals surface area contributed by atoms with Crippen molar-refractivity contribution in [1.29, 1.82) is 0 Å². The number of nitrogens with one attached hydrogen (secondary N) is 1. The lowest BCUT2D eigenvalue weighted by molar-refractivity contribution is -0.145. The first kappa shape index (κ1) is 15.1. The average Bonchev–Trinajstić information content (AvgIpc) is 3.19. The van der Waals surface area contributed by atoms with Crippen molar-refractivity contribution in [1.82, 2.24) is 5.09 Å². The summed E-state index contributed by atoms with van der Waals surface area (Å²) in [7, 11) is -3.11. The first-order chi connectivity index (χ1) is 9.46. The minimum Gasteiger partial charge on any atom is -0.464 e. The monoisotopic (exact) mass is 297 g/mol. The maximum atomic E-state index is 12.3. The van der Waals surface area contributed by atoms with Crippen LogP contribution < -0.4 is 9.61 Å². The van der Waals surface area contributed by atoms with Crippen LogP contribution in [0.3, 0.4) is 0 Å². The highest BCUT2D eigenvalue weighted by atomic mass is 31.2. The van der Waals surface area contributed by atoms with Crippen LogP contribution in [0.25, 0.3) is 0 Å². The van der Waals surface area contributed by atoms with E-state index in [2.05, 4.69) is 5.09 Å². The summed E-state index contributed by atoms with van der Waals surface area (Å²) in [6.45, 7) is 3.53. The van der Waals surface area contributed by atoms with Crippen molar-refractivity contribution in [3.8, 4) is 5.75 Å². The van der Waals surface area contributed by atoms with Gasteiger partial charge in [0.25, 0.3) is 0 Å². The van der Waals surface area contributed by atoms with Gasteiger partial charge in [-0.25, -0.2) is 5.09 Å². The van der Waals surface area contributed by atoms with Crippen LogP contribution in [0.4, 0.5) is 0 Å². The van der Waals surface area contributed by atoms with E-state index < -0.39 is 19.5 Å². The molecule has 0 amide bonds. The van der Waals surface area contributed by atoms with E-state index in [1.165, 1.54) is 6.66 Å². The van der Waals surface area contributed by atoms with E-state index >= 15 is 0 Å². The van der Waals surface area contributed by atoms with Gasteiger partial charge in [-0.3, -0.25) is 9.36 Å². The number of carbonyl (C=O) groups excluding carboxylic acids is 1. The second-order valence-corrected chi connectivity index (χ2v) is 7.31. The summed E-state index contributed by atoms with van der Waals surface area (Å²) < 4.78 is 22.9. The summed E-state index contributed by atoms with van der Waals surface area (Å²) in [5.41, 5.74) is 0. The highest BCUT2D eigenvalue weighted by Gasteiger charge is 2.28. The molecule has 2 atom stereocenters. The minimum atomic E-state index is -3.11. The number of esters is 1. The van der Waals surface area contributed by atoms with E-state index in [0.29, 0.717) is 18.3 Å². The Bertz CT molecular complexity index is 501. The maximum Gasteiger partial charge on any atom is 0.323 e. The van der Waals surface area contributed by atoms with Crippen LogP contribution in [0.15, 0.2) is 30.3 Å². The number of para-hydroxylation sites is 1. The van der Waals surface area contributed by atoms with Gasteiger partial charge in [-0.05, 0) is 37.8 Å². The van der Waals surface area contributed by atoms with Gasteiger partial charge in [0.05, 0.1) is 6.61 Å². The first-order valence-corrected chi connectivity index (χ1v) is 8.80. The lowest BCUT2D eigenvalue weighted by atomic mass is 10.3. The molecule has 0 bridgehead atoms. The molecule has 1 aliphatic carbocycles. The van der Waals surface area contributed by atoms with E-state index in [-0.39, 0.29) is 0 Å². The van der Waals surface area contributed by atoms with Crippen LogP contribution >= 0.6 is 7.52 Å². The summed E-state index contributed by atoms with van der Waals surface area (Å²) >= 11 is 0. The van der Waals surface area contributed by atoms with Crippen molar-refractivity contribution in [3.05, 3.63) is 30.3 Å². The quantitative estimate of drug-likeness (QED) is 0.619. The second kappa shape index (κ2) is 6.42. The van der Waals surface area contributed by atoms with Gasteiger partial charge in [0.2, 0.25) is 0 Å². The summed E-state index contributed by atoms with van der Waals surface area (Å²) in [6, 6.07) is 8.21. The van der Waals surface area contributed by atoms with Crippen molar-refractivity contribution in [2.45, 2.75) is 25.8 Å². The number of ether oxygens (including phenoxy) is 1. The molecule has 0 radical (unpaired) electrons. The molecule has 1 aromatic rings. The second-order valence-electron chi connectivity index (χ2n) is 5.17. The Hall–Kier alpha value is -1.32. The third-order valence-electron chi connectivity index (χ3n) is 2.96. The zero-order valence-corrected chi connectivity index (χ0v) is 12.6. The predicted molar refractivity (Wildman–Crippen MR) is 76.9 cm³/mol. The molecule has 6 heteroatoms. The molecule has 2 rings (SSSR count). The number of benzene rings is 1. The topological polar surface area (TPSA) is 64.6 Å². The fourth-order valence-corrected chi connectivity index (χ4v) is 3.11.